The molecule has 1 saturated carbocycles. The van der Waals surface area contributed by atoms with Crippen molar-refractivity contribution in [3.05, 3.63) is 28.8 Å². The molecule has 0 aromatic heterocycles. The van der Waals surface area contributed by atoms with E-state index in [-0.39, 0.29) is 34.0 Å². The molecule has 120 valence electrons. The number of nitrogens with one attached hydrogen (secondary N) is 3. The van der Waals surface area contributed by atoms with Gasteiger partial charge in [0, 0.05) is 6.04 Å². The second-order valence-electron chi connectivity index (χ2n) is 4.87. The highest BCUT2D eigenvalue weighted by molar-refractivity contribution is 7.89. The molecular weight excluding hydrogens is 330 g/mol. The lowest BCUT2D eigenvalue weighted by molar-refractivity contribution is -0.120. The molecule has 0 aliphatic heterocycles. The number of hydrogen-bond acceptors (Lipinski definition) is 4. The molecule has 0 unspecified atom stereocenters. The lowest BCUT2D eigenvalue weighted by atomic mass is 10.2. The third kappa shape index (κ3) is 4.19. The van der Waals surface area contributed by atoms with Gasteiger partial charge in [-0.1, -0.05) is 11.6 Å². The van der Waals surface area contributed by atoms with Gasteiger partial charge in [-0.3, -0.25) is 9.59 Å². The Morgan fingerprint density at radius 3 is 2.59 bits per heavy atom. The maximum atomic E-state index is 12.0. The Hall–Kier alpha value is -1.64. The number of rotatable bonds is 6. The lowest BCUT2D eigenvalue weighted by Gasteiger charge is -2.09. The summed E-state index contributed by atoms with van der Waals surface area (Å²) in [5, 5.41) is 5.25. The number of carbonyl (C=O) groups excluding carboxylic acids is 2. The van der Waals surface area contributed by atoms with Crippen LogP contribution in [-0.4, -0.2) is 39.9 Å². The molecule has 0 bridgehead atoms. The summed E-state index contributed by atoms with van der Waals surface area (Å²) < 4.78 is 25.6. The van der Waals surface area contributed by atoms with Crippen LogP contribution < -0.4 is 15.4 Å². The first-order valence-corrected chi connectivity index (χ1v) is 8.50. The zero-order valence-electron chi connectivity index (χ0n) is 11.8. The number of amides is 2. The molecule has 0 atom stereocenters. The minimum Gasteiger partial charge on any atom is -0.352 e. The average Bonchev–Trinajstić information content (AvgIpc) is 3.29. The maximum Gasteiger partial charge on any atom is 0.253 e. The quantitative estimate of drug-likeness (QED) is 0.687. The van der Waals surface area contributed by atoms with E-state index in [0.29, 0.717) is 0 Å². The molecule has 0 saturated heterocycles. The number of sulfonamides is 1. The van der Waals surface area contributed by atoms with E-state index in [9.17, 15) is 18.0 Å². The lowest BCUT2D eigenvalue weighted by Crippen LogP contribution is -2.38. The Bertz CT molecular complexity index is 701. The van der Waals surface area contributed by atoms with Gasteiger partial charge in [0.2, 0.25) is 15.9 Å². The van der Waals surface area contributed by atoms with Crippen molar-refractivity contribution in [1.82, 2.24) is 15.4 Å². The number of carbonyl (C=O) groups is 2. The van der Waals surface area contributed by atoms with Gasteiger partial charge in [0.05, 0.1) is 22.0 Å². The predicted octanol–water partition coefficient (Wildman–Crippen LogP) is 0.256. The molecule has 1 aliphatic rings. The van der Waals surface area contributed by atoms with Gasteiger partial charge in [-0.25, -0.2) is 13.1 Å². The van der Waals surface area contributed by atoms with E-state index < -0.39 is 15.9 Å². The Morgan fingerprint density at radius 2 is 2.00 bits per heavy atom. The Labute approximate surface area is 133 Å². The van der Waals surface area contributed by atoms with Crippen molar-refractivity contribution in [1.29, 1.82) is 0 Å². The zero-order chi connectivity index (χ0) is 16.3. The van der Waals surface area contributed by atoms with Crippen molar-refractivity contribution in [2.24, 2.45) is 0 Å². The highest BCUT2D eigenvalue weighted by atomic mass is 35.5. The first kappa shape index (κ1) is 16.7. The summed E-state index contributed by atoms with van der Waals surface area (Å²) in [7, 11) is -2.41. The molecule has 2 amide bonds. The predicted molar refractivity (Wildman–Crippen MR) is 81.2 cm³/mol. The van der Waals surface area contributed by atoms with Gasteiger partial charge in [-0.05, 0) is 38.1 Å². The smallest absolute Gasteiger partial charge is 0.253 e. The Kier molecular flexibility index (Phi) is 5.05. The summed E-state index contributed by atoms with van der Waals surface area (Å²) in [6.07, 6.45) is 1.91. The van der Waals surface area contributed by atoms with Gasteiger partial charge in [0.15, 0.2) is 0 Å². The SMILES string of the molecule is CNS(=O)(=O)c1ccc(Cl)c(C(=O)NCC(=O)NC2CC2)c1. The van der Waals surface area contributed by atoms with Gasteiger partial charge >= 0.3 is 0 Å². The van der Waals surface area contributed by atoms with Crippen molar-refractivity contribution >= 4 is 33.4 Å². The van der Waals surface area contributed by atoms with E-state index in [1.54, 1.807) is 0 Å². The molecule has 22 heavy (non-hydrogen) atoms. The molecule has 1 aromatic rings. The Balaban J connectivity index is 2.07. The normalized spacial score (nSPS) is 14.5. The van der Waals surface area contributed by atoms with Crippen LogP contribution in [0.3, 0.4) is 0 Å². The van der Waals surface area contributed by atoms with Crippen LogP contribution in [0.4, 0.5) is 0 Å². The summed E-state index contributed by atoms with van der Waals surface area (Å²) >= 11 is 5.92. The summed E-state index contributed by atoms with van der Waals surface area (Å²) in [5.41, 5.74) is -0.00258. The molecule has 3 N–H and O–H groups in total. The molecule has 2 rings (SSSR count). The van der Waals surface area contributed by atoms with E-state index in [1.165, 1.54) is 25.2 Å². The van der Waals surface area contributed by atoms with Crippen molar-refractivity contribution in [2.75, 3.05) is 13.6 Å². The van der Waals surface area contributed by atoms with Crippen LogP contribution in [0.5, 0.6) is 0 Å². The highest BCUT2D eigenvalue weighted by Gasteiger charge is 2.23. The van der Waals surface area contributed by atoms with Gasteiger partial charge in [0.1, 0.15) is 0 Å². The largest absolute Gasteiger partial charge is 0.352 e. The van der Waals surface area contributed by atoms with E-state index >= 15 is 0 Å². The van der Waals surface area contributed by atoms with Crippen LogP contribution in [0.15, 0.2) is 23.1 Å². The highest BCUT2D eigenvalue weighted by Crippen LogP contribution is 2.20. The van der Waals surface area contributed by atoms with Gasteiger partial charge < -0.3 is 10.6 Å². The molecule has 1 aromatic carbocycles. The van der Waals surface area contributed by atoms with Crippen LogP contribution in [0, 0.1) is 0 Å². The van der Waals surface area contributed by atoms with E-state index in [0.717, 1.165) is 12.8 Å². The fraction of sp³-hybridized carbons (Fsp3) is 0.385. The average molecular weight is 346 g/mol. The maximum absolute atomic E-state index is 12.0. The van der Waals surface area contributed by atoms with E-state index in [1.807, 2.05) is 0 Å². The van der Waals surface area contributed by atoms with Crippen LogP contribution >= 0.6 is 11.6 Å². The van der Waals surface area contributed by atoms with Gasteiger partial charge in [-0.15, -0.1) is 0 Å². The van der Waals surface area contributed by atoms with Crippen molar-refractivity contribution in [3.8, 4) is 0 Å². The summed E-state index contributed by atoms with van der Waals surface area (Å²) in [6, 6.07) is 4.00. The minimum absolute atomic E-state index is 0.00258. The molecule has 9 heteroatoms. The molecule has 7 nitrogen and oxygen atoms in total. The monoisotopic (exact) mass is 345 g/mol. The number of halogens is 1. The van der Waals surface area contributed by atoms with Crippen LogP contribution in [-0.2, 0) is 14.8 Å². The molecule has 0 heterocycles. The molecule has 0 spiro atoms. The van der Waals surface area contributed by atoms with Crippen molar-refractivity contribution in [2.45, 2.75) is 23.8 Å². The number of benzene rings is 1. The van der Waals surface area contributed by atoms with Crippen LogP contribution in [0.2, 0.25) is 5.02 Å². The van der Waals surface area contributed by atoms with Gasteiger partial charge in [0.25, 0.3) is 5.91 Å². The fourth-order valence-electron chi connectivity index (χ4n) is 1.73. The minimum atomic E-state index is -3.68. The molecule has 0 radical (unpaired) electrons. The van der Waals surface area contributed by atoms with Crippen molar-refractivity contribution < 1.29 is 18.0 Å². The third-order valence-electron chi connectivity index (χ3n) is 3.11. The topological polar surface area (TPSA) is 104 Å². The standard InChI is InChI=1S/C13H16ClN3O4S/c1-15-22(20,21)9-4-5-11(14)10(6-9)13(19)16-7-12(18)17-8-2-3-8/h4-6,8,15H,2-3,7H2,1H3,(H,16,19)(H,17,18). The molecule has 1 fully saturated rings. The second-order valence-corrected chi connectivity index (χ2v) is 7.17. The zero-order valence-corrected chi connectivity index (χ0v) is 13.4. The van der Waals surface area contributed by atoms with E-state index in [4.69, 9.17) is 11.6 Å². The molecule has 1 aliphatic carbocycles. The first-order valence-electron chi connectivity index (χ1n) is 6.64. The van der Waals surface area contributed by atoms with E-state index in [2.05, 4.69) is 15.4 Å². The first-order chi connectivity index (χ1) is 10.3. The third-order valence-corrected chi connectivity index (χ3v) is 4.86. The van der Waals surface area contributed by atoms with Gasteiger partial charge in [-0.2, -0.15) is 0 Å². The van der Waals surface area contributed by atoms with Crippen molar-refractivity contribution in [3.63, 3.8) is 0 Å². The summed E-state index contributed by atoms with van der Waals surface area (Å²) in [6.45, 7) is -0.186. The molecular formula is C13H16ClN3O4S. The summed E-state index contributed by atoms with van der Waals surface area (Å²) in [5.74, 6) is -0.893. The Morgan fingerprint density at radius 1 is 1.32 bits per heavy atom. The van der Waals surface area contributed by atoms with Crippen LogP contribution in [0.25, 0.3) is 0 Å². The summed E-state index contributed by atoms with van der Waals surface area (Å²) in [4.78, 5) is 23.5. The fourth-order valence-corrected chi connectivity index (χ4v) is 2.68. The number of hydrogen-bond donors (Lipinski definition) is 3. The van der Waals surface area contributed by atoms with Crippen LogP contribution in [0.1, 0.15) is 23.2 Å². The second kappa shape index (κ2) is 6.64.